The lowest BCUT2D eigenvalue weighted by atomic mass is 10.2. The highest BCUT2D eigenvalue weighted by atomic mass is 127. The molecular formula is C21H29IN4O4. The van der Waals surface area contributed by atoms with E-state index in [9.17, 15) is 4.79 Å². The molecule has 164 valence electrons. The van der Waals surface area contributed by atoms with Crippen LogP contribution in [0.1, 0.15) is 29.2 Å². The number of amides is 1. The monoisotopic (exact) mass is 528 g/mol. The lowest BCUT2D eigenvalue weighted by molar-refractivity contribution is 0.0657. The molecule has 0 aliphatic carbocycles. The Labute approximate surface area is 193 Å². The molecule has 2 saturated heterocycles. The summed E-state index contributed by atoms with van der Waals surface area (Å²) >= 11 is 0. The van der Waals surface area contributed by atoms with Crippen molar-refractivity contribution in [1.29, 1.82) is 0 Å². The smallest absolute Gasteiger partial charge is 0.289 e. The fourth-order valence-corrected chi connectivity index (χ4v) is 3.67. The average Bonchev–Trinajstić information content (AvgIpc) is 3.53. The van der Waals surface area contributed by atoms with Gasteiger partial charge in [-0.3, -0.25) is 9.79 Å². The first kappa shape index (κ1) is 22.7. The van der Waals surface area contributed by atoms with Gasteiger partial charge >= 0.3 is 0 Å². The highest BCUT2D eigenvalue weighted by Crippen LogP contribution is 2.13. The topological polar surface area (TPSA) is 83.5 Å². The third-order valence-electron chi connectivity index (χ3n) is 5.30. The van der Waals surface area contributed by atoms with Crippen molar-refractivity contribution in [2.24, 2.45) is 4.99 Å². The second kappa shape index (κ2) is 11.4. The maximum Gasteiger partial charge on any atom is 0.289 e. The zero-order valence-electron chi connectivity index (χ0n) is 17.0. The van der Waals surface area contributed by atoms with Crippen LogP contribution in [0, 0.1) is 0 Å². The Morgan fingerprint density at radius 2 is 1.87 bits per heavy atom. The number of furan rings is 2. The van der Waals surface area contributed by atoms with Crippen LogP contribution in [0.15, 0.2) is 50.6 Å². The number of nitrogens with one attached hydrogen (secondary N) is 1. The Hall–Kier alpha value is -2.01. The molecule has 2 aliphatic rings. The first-order chi connectivity index (χ1) is 14.3. The summed E-state index contributed by atoms with van der Waals surface area (Å²) in [5, 5.41) is 3.46. The van der Waals surface area contributed by atoms with Crippen molar-refractivity contribution in [2.45, 2.75) is 25.4 Å². The fourth-order valence-electron chi connectivity index (χ4n) is 3.67. The van der Waals surface area contributed by atoms with Crippen molar-refractivity contribution in [1.82, 2.24) is 15.1 Å². The first-order valence-electron chi connectivity index (χ1n) is 10.3. The van der Waals surface area contributed by atoms with E-state index in [1.807, 2.05) is 17.0 Å². The van der Waals surface area contributed by atoms with Crippen LogP contribution in [0.25, 0.3) is 0 Å². The average molecular weight is 528 g/mol. The number of nitrogens with zero attached hydrogens (tertiary/aromatic N) is 3. The standard InChI is InChI=1S/C21H28N4O4.HI/c26-20(19-6-3-15-29-19)24-9-11-25(12-10-24)21(23-16-18-5-2-14-28-18)22-8-7-17-4-1-13-27-17;/h1,3-4,6,13,15,18H,2,5,7-12,14,16H2,(H,22,23);1H. The van der Waals surface area contributed by atoms with Crippen molar-refractivity contribution < 1.29 is 18.4 Å². The van der Waals surface area contributed by atoms with E-state index < -0.39 is 0 Å². The van der Waals surface area contributed by atoms with Gasteiger partial charge < -0.3 is 28.7 Å². The summed E-state index contributed by atoms with van der Waals surface area (Å²) in [4.78, 5) is 21.3. The molecule has 4 heterocycles. The summed E-state index contributed by atoms with van der Waals surface area (Å²) < 4.78 is 16.4. The van der Waals surface area contributed by atoms with Crippen LogP contribution in [-0.2, 0) is 11.2 Å². The number of rotatable bonds is 6. The summed E-state index contributed by atoms with van der Waals surface area (Å²) in [7, 11) is 0. The summed E-state index contributed by atoms with van der Waals surface area (Å²) in [6, 6.07) is 7.32. The van der Waals surface area contributed by atoms with Crippen molar-refractivity contribution in [3.8, 4) is 0 Å². The second-order valence-electron chi connectivity index (χ2n) is 7.31. The van der Waals surface area contributed by atoms with E-state index in [0.29, 0.717) is 25.4 Å². The summed E-state index contributed by atoms with van der Waals surface area (Å²) in [6.07, 6.45) is 6.39. The zero-order valence-corrected chi connectivity index (χ0v) is 19.3. The molecule has 1 unspecified atom stereocenters. The van der Waals surface area contributed by atoms with Gasteiger partial charge in [-0.15, -0.1) is 24.0 Å². The normalized spacial score (nSPS) is 19.6. The van der Waals surface area contributed by atoms with Gasteiger partial charge in [-0.2, -0.15) is 0 Å². The maximum atomic E-state index is 12.5. The second-order valence-corrected chi connectivity index (χ2v) is 7.31. The quantitative estimate of drug-likeness (QED) is 0.353. The van der Waals surface area contributed by atoms with Crippen LogP contribution in [0.3, 0.4) is 0 Å². The van der Waals surface area contributed by atoms with Crippen LogP contribution in [0.4, 0.5) is 0 Å². The molecule has 2 fully saturated rings. The minimum absolute atomic E-state index is 0. The molecule has 4 rings (SSSR count). The van der Waals surface area contributed by atoms with Crippen LogP contribution < -0.4 is 5.32 Å². The lowest BCUT2D eigenvalue weighted by Crippen LogP contribution is -2.54. The van der Waals surface area contributed by atoms with E-state index in [1.54, 1.807) is 18.4 Å². The molecule has 2 aromatic heterocycles. The van der Waals surface area contributed by atoms with Gasteiger partial charge in [-0.05, 0) is 37.1 Å². The molecule has 0 saturated carbocycles. The molecule has 0 spiro atoms. The molecule has 1 N–H and O–H groups in total. The number of hydrogen-bond donors (Lipinski definition) is 1. The lowest BCUT2D eigenvalue weighted by Gasteiger charge is -2.36. The van der Waals surface area contributed by atoms with Crippen LogP contribution >= 0.6 is 24.0 Å². The SMILES string of the molecule is I.O=C(c1ccco1)N1CCN(C(=NCC2CCCO2)NCCc2ccco2)CC1. The minimum atomic E-state index is -0.0572. The van der Waals surface area contributed by atoms with E-state index in [0.717, 1.165) is 57.2 Å². The number of carbonyl (C=O) groups excluding carboxylic acids is 1. The number of piperazine rings is 1. The van der Waals surface area contributed by atoms with Crippen LogP contribution in [-0.4, -0.2) is 73.6 Å². The van der Waals surface area contributed by atoms with Crippen molar-refractivity contribution in [3.05, 3.63) is 48.3 Å². The number of aliphatic imine (C=N–C) groups is 1. The van der Waals surface area contributed by atoms with Crippen LogP contribution in [0.5, 0.6) is 0 Å². The molecule has 2 aliphatic heterocycles. The van der Waals surface area contributed by atoms with Gasteiger partial charge in [0.25, 0.3) is 5.91 Å². The minimum Gasteiger partial charge on any atom is -0.469 e. The molecule has 9 heteroatoms. The largest absolute Gasteiger partial charge is 0.469 e. The number of ether oxygens (including phenoxy) is 1. The molecule has 30 heavy (non-hydrogen) atoms. The Kier molecular flexibility index (Phi) is 8.61. The van der Waals surface area contributed by atoms with E-state index in [1.165, 1.54) is 6.26 Å². The molecule has 8 nitrogen and oxygen atoms in total. The Morgan fingerprint density at radius 3 is 2.53 bits per heavy atom. The molecule has 1 amide bonds. The van der Waals surface area contributed by atoms with Crippen molar-refractivity contribution in [3.63, 3.8) is 0 Å². The first-order valence-corrected chi connectivity index (χ1v) is 10.3. The van der Waals surface area contributed by atoms with Gasteiger partial charge in [0.2, 0.25) is 0 Å². The number of halogens is 1. The van der Waals surface area contributed by atoms with Gasteiger partial charge in [0.05, 0.1) is 25.2 Å². The van der Waals surface area contributed by atoms with Crippen LogP contribution in [0.2, 0.25) is 0 Å². The highest BCUT2D eigenvalue weighted by molar-refractivity contribution is 14.0. The van der Waals surface area contributed by atoms with Gasteiger partial charge in [-0.25, -0.2) is 0 Å². The highest BCUT2D eigenvalue weighted by Gasteiger charge is 2.25. The van der Waals surface area contributed by atoms with E-state index >= 15 is 0 Å². The predicted molar refractivity (Wildman–Crippen MR) is 123 cm³/mol. The Morgan fingerprint density at radius 1 is 1.10 bits per heavy atom. The molecule has 0 radical (unpaired) electrons. The van der Waals surface area contributed by atoms with Gasteiger partial charge in [0.15, 0.2) is 11.7 Å². The van der Waals surface area contributed by atoms with Gasteiger partial charge in [-0.1, -0.05) is 0 Å². The molecule has 0 bridgehead atoms. The third kappa shape index (κ3) is 6.00. The molecule has 0 aromatic carbocycles. The maximum absolute atomic E-state index is 12.5. The molecular weight excluding hydrogens is 499 g/mol. The Balaban J connectivity index is 0.00000256. The molecule has 1 atom stereocenters. The fraction of sp³-hybridized carbons (Fsp3) is 0.524. The number of hydrogen-bond acceptors (Lipinski definition) is 5. The predicted octanol–water partition coefficient (Wildman–Crippen LogP) is 2.62. The van der Waals surface area contributed by atoms with E-state index in [-0.39, 0.29) is 36.0 Å². The molecule has 2 aromatic rings. The third-order valence-corrected chi connectivity index (χ3v) is 5.30. The van der Waals surface area contributed by atoms with Gasteiger partial charge in [0, 0.05) is 45.8 Å². The van der Waals surface area contributed by atoms with Crippen molar-refractivity contribution in [2.75, 3.05) is 45.9 Å². The van der Waals surface area contributed by atoms with E-state index in [2.05, 4.69) is 10.2 Å². The van der Waals surface area contributed by atoms with Gasteiger partial charge in [0.1, 0.15) is 5.76 Å². The Bertz CT molecular complexity index is 780. The summed E-state index contributed by atoms with van der Waals surface area (Å²) in [5.74, 6) is 2.16. The summed E-state index contributed by atoms with van der Waals surface area (Å²) in [5.41, 5.74) is 0. The summed E-state index contributed by atoms with van der Waals surface area (Å²) in [6.45, 7) is 4.96. The zero-order chi connectivity index (χ0) is 19.9. The number of guanidine groups is 1. The van der Waals surface area contributed by atoms with E-state index in [4.69, 9.17) is 18.6 Å². The van der Waals surface area contributed by atoms with Crippen molar-refractivity contribution >= 4 is 35.8 Å². The number of carbonyl (C=O) groups is 1.